The molecule has 0 amide bonds. The molecule has 0 saturated carbocycles. The van der Waals surface area contributed by atoms with Gasteiger partial charge >= 0.3 is 0 Å². The second kappa shape index (κ2) is 8.45. The van der Waals surface area contributed by atoms with E-state index in [1.807, 2.05) is 0 Å². The zero-order chi connectivity index (χ0) is 14.5. The Bertz CT molecular complexity index is 525. The number of rotatable bonds is 7. The van der Waals surface area contributed by atoms with Gasteiger partial charge in [-0.1, -0.05) is 32.0 Å². The van der Waals surface area contributed by atoms with Crippen molar-refractivity contribution in [3.05, 3.63) is 36.0 Å². The summed E-state index contributed by atoms with van der Waals surface area (Å²) in [5.74, 6) is 0. The van der Waals surface area contributed by atoms with Crippen LogP contribution in [0.4, 0.5) is 0 Å². The molecule has 1 N–H and O–H groups in total. The Morgan fingerprint density at radius 2 is 1.67 bits per heavy atom. The fourth-order valence-corrected chi connectivity index (χ4v) is 2.93. The van der Waals surface area contributed by atoms with E-state index < -0.39 is 0 Å². The minimum absolute atomic E-state index is 0. The number of H-pyrrole nitrogens is 1. The van der Waals surface area contributed by atoms with Crippen LogP contribution in [0.25, 0.3) is 10.9 Å². The maximum atomic E-state index is 3.38. The number of benzene rings is 1. The lowest BCUT2D eigenvalue weighted by molar-refractivity contribution is 0.148. The largest absolute Gasteiger partial charge is 0.361 e. The third-order valence-corrected chi connectivity index (χ3v) is 4.63. The topological polar surface area (TPSA) is 19.0 Å². The van der Waals surface area contributed by atoms with E-state index in [4.69, 9.17) is 0 Å². The molecule has 2 nitrogen and oxygen atoms in total. The molecule has 3 heteroatoms. The lowest BCUT2D eigenvalue weighted by atomic mass is 10.1. The van der Waals surface area contributed by atoms with Gasteiger partial charge in [0, 0.05) is 35.7 Å². The van der Waals surface area contributed by atoms with Crippen molar-refractivity contribution in [1.82, 2.24) is 9.88 Å². The highest BCUT2D eigenvalue weighted by atomic mass is 35.5. The van der Waals surface area contributed by atoms with Crippen molar-refractivity contribution >= 4 is 23.3 Å². The van der Waals surface area contributed by atoms with Gasteiger partial charge in [0.1, 0.15) is 0 Å². The van der Waals surface area contributed by atoms with E-state index in [0.29, 0.717) is 12.1 Å². The zero-order valence-electron chi connectivity index (χ0n) is 13.7. The number of aromatic nitrogens is 1. The molecular formula is C18H29ClN2. The van der Waals surface area contributed by atoms with Crippen LogP contribution in [-0.4, -0.2) is 28.5 Å². The number of nitrogens with one attached hydrogen (secondary N) is 1. The first-order chi connectivity index (χ1) is 9.67. The van der Waals surface area contributed by atoms with Gasteiger partial charge in [-0.25, -0.2) is 0 Å². The molecule has 1 aromatic carbocycles. The normalized spacial score (nSPS) is 14.1. The quantitative estimate of drug-likeness (QED) is 0.760. The molecule has 0 saturated heterocycles. The first-order valence-electron chi connectivity index (χ1n) is 7.98. The summed E-state index contributed by atoms with van der Waals surface area (Å²) in [6.45, 7) is 10.4. The lowest BCUT2D eigenvalue weighted by Crippen LogP contribution is -2.41. The van der Waals surface area contributed by atoms with Gasteiger partial charge in [-0.05, 0) is 44.7 Å². The van der Waals surface area contributed by atoms with Crippen LogP contribution in [0.1, 0.15) is 46.1 Å². The third kappa shape index (κ3) is 4.24. The maximum absolute atomic E-state index is 3.38. The van der Waals surface area contributed by atoms with Crippen LogP contribution in [0.3, 0.4) is 0 Å². The van der Waals surface area contributed by atoms with E-state index in [1.165, 1.54) is 29.3 Å². The minimum atomic E-state index is 0. The molecule has 0 aliphatic heterocycles. The summed E-state index contributed by atoms with van der Waals surface area (Å²) in [7, 11) is 0. The molecule has 1 aromatic heterocycles. The van der Waals surface area contributed by atoms with Crippen molar-refractivity contribution in [2.75, 3.05) is 6.54 Å². The summed E-state index contributed by atoms with van der Waals surface area (Å²) in [5.41, 5.74) is 2.69. The van der Waals surface area contributed by atoms with E-state index in [9.17, 15) is 0 Å². The number of aromatic amines is 1. The molecule has 0 spiro atoms. The summed E-state index contributed by atoms with van der Waals surface area (Å²) in [6.07, 6.45) is 5.74. The van der Waals surface area contributed by atoms with Gasteiger partial charge in [0.15, 0.2) is 0 Å². The molecule has 118 valence electrons. The molecule has 2 rings (SSSR count). The maximum Gasteiger partial charge on any atom is 0.0456 e. The Morgan fingerprint density at radius 1 is 1.05 bits per heavy atom. The summed E-state index contributed by atoms with van der Waals surface area (Å²) in [6, 6.07) is 9.91. The molecular weight excluding hydrogens is 280 g/mol. The highest BCUT2D eigenvalue weighted by Crippen LogP contribution is 2.20. The van der Waals surface area contributed by atoms with Crippen molar-refractivity contribution in [1.29, 1.82) is 0 Å². The minimum Gasteiger partial charge on any atom is -0.361 e. The average molecular weight is 309 g/mol. The van der Waals surface area contributed by atoms with Gasteiger partial charge in [0.2, 0.25) is 0 Å². The summed E-state index contributed by atoms with van der Waals surface area (Å²) in [4.78, 5) is 6.03. The molecule has 0 aliphatic carbocycles. The van der Waals surface area contributed by atoms with Crippen molar-refractivity contribution in [3.63, 3.8) is 0 Å². The highest BCUT2D eigenvalue weighted by molar-refractivity contribution is 5.85. The van der Waals surface area contributed by atoms with Crippen LogP contribution in [0.5, 0.6) is 0 Å². The van der Waals surface area contributed by atoms with E-state index in [-0.39, 0.29) is 12.4 Å². The molecule has 0 aliphatic rings. The average Bonchev–Trinajstić information content (AvgIpc) is 2.90. The smallest absolute Gasteiger partial charge is 0.0456 e. The first-order valence-corrected chi connectivity index (χ1v) is 7.98. The predicted octanol–water partition coefficient (Wildman–Crippen LogP) is 5.03. The van der Waals surface area contributed by atoms with Gasteiger partial charge in [0.05, 0.1) is 0 Å². The molecule has 2 atom stereocenters. The second-order valence-electron chi connectivity index (χ2n) is 5.86. The van der Waals surface area contributed by atoms with Crippen LogP contribution in [0, 0.1) is 0 Å². The molecule has 0 radical (unpaired) electrons. The molecule has 1 heterocycles. The van der Waals surface area contributed by atoms with Crippen molar-refractivity contribution in [3.8, 4) is 0 Å². The van der Waals surface area contributed by atoms with E-state index in [1.54, 1.807) is 0 Å². The number of halogens is 1. The Kier molecular flexibility index (Phi) is 7.27. The van der Waals surface area contributed by atoms with E-state index in [0.717, 1.165) is 13.0 Å². The van der Waals surface area contributed by atoms with Crippen molar-refractivity contribution < 1.29 is 0 Å². The molecule has 0 bridgehead atoms. The number of nitrogens with zero attached hydrogens (tertiary/aromatic N) is 1. The number of hydrogen-bond acceptors (Lipinski definition) is 1. The van der Waals surface area contributed by atoms with Gasteiger partial charge in [-0.3, -0.25) is 4.90 Å². The van der Waals surface area contributed by atoms with Gasteiger partial charge in [-0.2, -0.15) is 0 Å². The standard InChI is InChI=1S/C18H28N2.ClH/c1-5-14(3)20(15(4)6-2)12-11-16-13-19-18-10-8-7-9-17(16)18;/h7-10,13-15,19H,5-6,11-12H2,1-4H3;1H. The summed E-state index contributed by atoms with van der Waals surface area (Å²) < 4.78 is 0. The Morgan fingerprint density at radius 3 is 2.29 bits per heavy atom. The Labute approximate surface area is 135 Å². The van der Waals surface area contributed by atoms with Crippen molar-refractivity contribution in [2.45, 2.75) is 59.0 Å². The van der Waals surface area contributed by atoms with Gasteiger partial charge in [0.25, 0.3) is 0 Å². The zero-order valence-corrected chi connectivity index (χ0v) is 14.5. The predicted molar refractivity (Wildman–Crippen MR) is 95.5 cm³/mol. The first kappa shape index (κ1) is 18.1. The van der Waals surface area contributed by atoms with Crippen LogP contribution in [0.15, 0.2) is 30.5 Å². The third-order valence-electron chi connectivity index (χ3n) is 4.63. The Hall–Kier alpha value is -0.990. The fourth-order valence-electron chi connectivity index (χ4n) is 2.93. The molecule has 21 heavy (non-hydrogen) atoms. The monoisotopic (exact) mass is 308 g/mol. The molecule has 0 fully saturated rings. The van der Waals surface area contributed by atoms with Crippen LogP contribution < -0.4 is 0 Å². The van der Waals surface area contributed by atoms with Crippen LogP contribution >= 0.6 is 12.4 Å². The SMILES string of the molecule is CCC(C)N(CCc1c[nH]c2ccccc12)C(C)CC.Cl. The Balaban J connectivity index is 0.00000220. The van der Waals surface area contributed by atoms with Gasteiger partial charge in [-0.15, -0.1) is 12.4 Å². The molecule has 2 unspecified atom stereocenters. The molecule has 2 aromatic rings. The second-order valence-corrected chi connectivity index (χ2v) is 5.86. The highest BCUT2D eigenvalue weighted by Gasteiger charge is 2.17. The number of hydrogen-bond donors (Lipinski definition) is 1. The van der Waals surface area contributed by atoms with E-state index >= 15 is 0 Å². The van der Waals surface area contributed by atoms with Crippen molar-refractivity contribution in [2.24, 2.45) is 0 Å². The fraction of sp³-hybridized carbons (Fsp3) is 0.556. The number of fused-ring (bicyclic) bond motifs is 1. The van der Waals surface area contributed by atoms with E-state index in [2.05, 4.69) is 68.0 Å². The van der Waals surface area contributed by atoms with Gasteiger partial charge < -0.3 is 4.98 Å². The van der Waals surface area contributed by atoms with Crippen LogP contribution in [0.2, 0.25) is 0 Å². The lowest BCUT2D eigenvalue weighted by Gasteiger charge is -2.33. The summed E-state index contributed by atoms with van der Waals surface area (Å²) >= 11 is 0. The summed E-state index contributed by atoms with van der Waals surface area (Å²) in [5, 5.41) is 1.38. The number of para-hydroxylation sites is 1. The van der Waals surface area contributed by atoms with Crippen LogP contribution in [-0.2, 0) is 6.42 Å².